The normalized spacial score (nSPS) is 11.3. The molecule has 0 fully saturated rings. The van der Waals surface area contributed by atoms with Gasteiger partial charge in [-0.05, 0) is 12.5 Å². The Morgan fingerprint density at radius 1 is 1.29 bits per heavy atom. The summed E-state index contributed by atoms with van der Waals surface area (Å²) in [6.45, 7) is 1.88. The minimum Gasteiger partial charge on any atom is -0.280 e. The van der Waals surface area contributed by atoms with Crippen molar-refractivity contribution in [3.05, 3.63) is 35.4 Å². The average molecular weight is 214 g/mol. The van der Waals surface area contributed by atoms with Gasteiger partial charge >= 0.3 is 10.1 Å². The van der Waals surface area contributed by atoms with Crippen LogP contribution in [0.2, 0.25) is 0 Å². The third kappa shape index (κ3) is 2.93. The Morgan fingerprint density at radius 2 is 1.79 bits per heavy atom. The molecule has 0 heterocycles. The molecule has 14 heavy (non-hydrogen) atoms. The number of carbonyl (C=O) groups excluding carboxylic acids is 1. The van der Waals surface area contributed by atoms with Gasteiger partial charge in [-0.2, -0.15) is 8.42 Å². The second-order valence-corrected chi connectivity index (χ2v) is 4.41. The number of hydrogen-bond donors (Lipinski definition) is 1. The lowest BCUT2D eigenvalue weighted by Gasteiger charge is -1.98. The van der Waals surface area contributed by atoms with Gasteiger partial charge in [0.25, 0.3) is 5.12 Å². The van der Waals surface area contributed by atoms with E-state index < -0.39 is 15.2 Å². The van der Waals surface area contributed by atoms with E-state index in [-0.39, 0.29) is 6.42 Å². The topological polar surface area (TPSA) is 71.4 Å². The zero-order valence-corrected chi connectivity index (χ0v) is 8.41. The standard InChI is InChI=1S/C9H10O4S/c1-7-2-4-8(5-3-7)6-9(10)14(11,12)13/h2-5H,6H2,1H3,(H,11,12,13). The summed E-state index contributed by atoms with van der Waals surface area (Å²) in [5.41, 5.74) is 1.59. The van der Waals surface area contributed by atoms with Gasteiger partial charge in [0.15, 0.2) is 0 Å². The van der Waals surface area contributed by atoms with Crippen molar-refractivity contribution >= 4 is 15.2 Å². The van der Waals surface area contributed by atoms with Crippen LogP contribution in [-0.2, 0) is 21.3 Å². The first-order valence-electron chi connectivity index (χ1n) is 3.95. The molecule has 0 saturated heterocycles. The highest BCUT2D eigenvalue weighted by atomic mass is 32.2. The average Bonchev–Trinajstić information content (AvgIpc) is 2.07. The van der Waals surface area contributed by atoms with Crippen LogP contribution in [0, 0.1) is 6.92 Å². The van der Waals surface area contributed by atoms with E-state index >= 15 is 0 Å². The van der Waals surface area contributed by atoms with E-state index in [2.05, 4.69) is 0 Å². The van der Waals surface area contributed by atoms with E-state index in [0.29, 0.717) is 5.56 Å². The largest absolute Gasteiger partial charge is 0.329 e. The Kier molecular flexibility index (Phi) is 3.03. The highest BCUT2D eigenvalue weighted by Gasteiger charge is 2.18. The fourth-order valence-corrected chi connectivity index (χ4v) is 1.31. The van der Waals surface area contributed by atoms with Gasteiger partial charge in [0.2, 0.25) is 0 Å². The molecule has 1 rings (SSSR count). The smallest absolute Gasteiger partial charge is 0.280 e. The van der Waals surface area contributed by atoms with E-state index in [1.54, 1.807) is 24.3 Å². The Morgan fingerprint density at radius 3 is 2.21 bits per heavy atom. The lowest BCUT2D eigenvalue weighted by atomic mass is 10.1. The lowest BCUT2D eigenvalue weighted by Crippen LogP contribution is -2.15. The van der Waals surface area contributed by atoms with Crippen molar-refractivity contribution in [2.45, 2.75) is 13.3 Å². The maximum absolute atomic E-state index is 10.9. The van der Waals surface area contributed by atoms with Gasteiger partial charge in [-0.3, -0.25) is 9.35 Å². The van der Waals surface area contributed by atoms with Gasteiger partial charge in [0.1, 0.15) is 0 Å². The maximum Gasteiger partial charge on any atom is 0.329 e. The molecule has 1 aromatic rings. The van der Waals surface area contributed by atoms with Crippen molar-refractivity contribution in [1.29, 1.82) is 0 Å². The number of aryl methyl sites for hydroxylation is 1. The molecular formula is C9H10O4S. The quantitative estimate of drug-likeness (QED) is 0.744. The van der Waals surface area contributed by atoms with Crippen LogP contribution in [0.15, 0.2) is 24.3 Å². The second-order valence-electron chi connectivity index (χ2n) is 3.01. The van der Waals surface area contributed by atoms with Gasteiger partial charge in [0, 0.05) is 6.42 Å². The van der Waals surface area contributed by atoms with Crippen molar-refractivity contribution in [3.63, 3.8) is 0 Å². The van der Waals surface area contributed by atoms with Crippen molar-refractivity contribution in [2.75, 3.05) is 0 Å². The third-order valence-corrected chi connectivity index (χ3v) is 2.48. The molecule has 0 aromatic heterocycles. The van der Waals surface area contributed by atoms with Crippen LogP contribution in [0.4, 0.5) is 0 Å². The van der Waals surface area contributed by atoms with Crippen LogP contribution in [-0.4, -0.2) is 18.1 Å². The molecule has 4 nitrogen and oxygen atoms in total. The fourth-order valence-electron chi connectivity index (χ4n) is 0.964. The van der Waals surface area contributed by atoms with Gasteiger partial charge < -0.3 is 0 Å². The van der Waals surface area contributed by atoms with Gasteiger partial charge in [-0.15, -0.1) is 0 Å². The monoisotopic (exact) mass is 214 g/mol. The molecule has 0 amide bonds. The van der Waals surface area contributed by atoms with E-state index in [1.807, 2.05) is 6.92 Å². The zero-order chi connectivity index (χ0) is 10.8. The van der Waals surface area contributed by atoms with E-state index in [0.717, 1.165) is 5.56 Å². The molecular weight excluding hydrogens is 204 g/mol. The first-order chi connectivity index (χ1) is 6.39. The highest BCUT2D eigenvalue weighted by Crippen LogP contribution is 2.05. The lowest BCUT2D eigenvalue weighted by molar-refractivity contribution is -0.111. The molecule has 1 aromatic carbocycles. The molecule has 0 aliphatic carbocycles. The van der Waals surface area contributed by atoms with Crippen LogP contribution in [0.25, 0.3) is 0 Å². The molecule has 0 radical (unpaired) electrons. The summed E-state index contributed by atoms with van der Waals surface area (Å²) in [7, 11) is -4.55. The molecule has 0 spiro atoms. The van der Waals surface area contributed by atoms with Crippen LogP contribution >= 0.6 is 0 Å². The molecule has 0 saturated carbocycles. The molecule has 5 heteroatoms. The molecule has 0 unspecified atom stereocenters. The summed E-state index contributed by atoms with van der Waals surface area (Å²) >= 11 is 0. The molecule has 0 bridgehead atoms. The summed E-state index contributed by atoms with van der Waals surface area (Å²) in [5.74, 6) is 0. The Balaban J connectivity index is 2.81. The Labute approximate surface area is 82.3 Å². The number of benzene rings is 1. The van der Waals surface area contributed by atoms with Crippen molar-refractivity contribution in [3.8, 4) is 0 Å². The number of carbonyl (C=O) groups is 1. The van der Waals surface area contributed by atoms with Crippen molar-refractivity contribution in [1.82, 2.24) is 0 Å². The van der Waals surface area contributed by atoms with Gasteiger partial charge in [-0.1, -0.05) is 29.8 Å². The summed E-state index contributed by atoms with van der Waals surface area (Å²) < 4.78 is 29.2. The summed E-state index contributed by atoms with van der Waals surface area (Å²) in [6.07, 6.45) is -0.293. The van der Waals surface area contributed by atoms with Crippen LogP contribution in [0.3, 0.4) is 0 Å². The minimum absolute atomic E-state index is 0.293. The molecule has 0 aliphatic rings. The van der Waals surface area contributed by atoms with E-state index in [1.165, 1.54) is 0 Å². The summed E-state index contributed by atoms with van der Waals surface area (Å²) in [5, 5.41) is -1.18. The summed E-state index contributed by atoms with van der Waals surface area (Å²) in [6, 6.07) is 6.84. The fraction of sp³-hybridized carbons (Fsp3) is 0.222. The predicted molar refractivity (Wildman–Crippen MR) is 51.4 cm³/mol. The van der Waals surface area contributed by atoms with Crippen LogP contribution in [0.1, 0.15) is 11.1 Å². The van der Waals surface area contributed by atoms with Crippen LogP contribution < -0.4 is 0 Å². The van der Waals surface area contributed by atoms with Crippen molar-refractivity contribution < 1.29 is 17.8 Å². The molecule has 1 N–H and O–H groups in total. The van der Waals surface area contributed by atoms with Crippen LogP contribution in [0.5, 0.6) is 0 Å². The second kappa shape index (κ2) is 3.89. The SMILES string of the molecule is Cc1ccc(CC(=O)S(=O)(=O)O)cc1. The Bertz CT molecular complexity index is 430. The summed E-state index contributed by atoms with van der Waals surface area (Å²) in [4.78, 5) is 10.9. The molecule has 0 aliphatic heterocycles. The first kappa shape index (κ1) is 10.9. The first-order valence-corrected chi connectivity index (χ1v) is 5.39. The van der Waals surface area contributed by atoms with E-state index in [4.69, 9.17) is 4.55 Å². The molecule has 76 valence electrons. The van der Waals surface area contributed by atoms with Gasteiger partial charge in [0.05, 0.1) is 0 Å². The Hall–Kier alpha value is -1.20. The third-order valence-electron chi connectivity index (χ3n) is 1.76. The molecule has 0 atom stereocenters. The predicted octanol–water partition coefficient (Wildman–Crippen LogP) is 0.952. The minimum atomic E-state index is -4.55. The number of hydrogen-bond acceptors (Lipinski definition) is 3. The maximum atomic E-state index is 10.9. The van der Waals surface area contributed by atoms with Gasteiger partial charge in [-0.25, -0.2) is 0 Å². The van der Waals surface area contributed by atoms with Crippen molar-refractivity contribution in [2.24, 2.45) is 0 Å². The van der Waals surface area contributed by atoms with E-state index in [9.17, 15) is 13.2 Å². The zero-order valence-electron chi connectivity index (χ0n) is 7.60. The highest BCUT2D eigenvalue weighted by molar-refractivity contribution is 8.01. The number of rotatable bonds is 2.